The van der Waals surface area contributed by atoms with Gasteiger partial charge in [-0.2, -0.15) is 18.3 Å². The van der Waals surface area contributed by atoms with Crippen molar-refractivity contribution < 1.29 is 23.1 Å². The molecular formula is C26H28F3N3O2. The molecule has 2 aromatic carbocycles. The number of hydrogen-bond donors (Lipinski definition) is 1. The lowest BCUT2D eigenvalue weighted by Crippen LogP contribution is -2.37. The number of piperidine rings is 1. The van der Waals surface area contributed by atoms with Crippen LogP contribution in [0, 0.1) is 0 Å². The normalized spacial score (nSPS) is 16.1. The Balaban J connectivity index is 1.77. The van der Waals surface area contributed by atoms with Gasteiger partial charge in [0.2, 0.25) is 5.91 Å². The van der Waals surface area contributed by atoms with Crippen molar-refractivity contribution in [2.24, 2.45) is 0 Å². The quantitative estimate of drug-likeness (QED) is 0.479. The van der Waals surface area contributed by atoms with E-state index in [1.165, 1.54) is 18.2 Å². The fraction of sp³-hybridized carbons (Fsp3) is 0.385. The number of fused-ring (bicyclic) bond motifs is 1. The Morgan fingerprint density at radius 3 is 2.59 bits per heavy atom. The summed E-state index contributed by atoms with van der Waals surface area (Å²) in [7, 11) is 0. The van der Waals surface area contributed by atoms with Crippen LogP contribution in [0.4, 0.5) is 13.2 Å². The summed E-state index contributed by atoms with van der Waals surface area (Å²) < 4.78 is 42.7. The second kappa shape index (κ2) is 9.62. The topological polar surface area (TPSA) is 58.4 Å². The average Bonchev–Trinajstić information content (AvgIpc) is 3.22. The molecule has 1 unspecified atom stereocenters. The fourth-order valence-electron chi connectivity index (χ4n) is 4.83. The molecule has 34 heavy (non-hydrogen) atoms. The number of likely N-dealkylation sites (tertiary alicyclic amines) is 1. The van der Waals surface area contributed by atoms with Crippen molar-refractivity contribution >= 4 is 16.8 Å². The van der Waals surface area contributed by atoms with Crippen LogP contribution < -0.4 is 0 Å². The van der Waals surface area contributed by atoms with Crippen LogP contribution in [0.15, 0.2) is 55.1 Å². The molecule has 0 spiro atoms. The summed E-state index contributed by atoms with van der Waals surface area (Å²) in [6, 6.07) is 10.7. The maximum absolute atomic E-state index is 13.6. The molecule has 8 heteroatoms. The third kappa shape index (κ3) is 4.59. The van der Waals surface area contributed by atoms with Gasteiger partial charge in [0.25, 0.3) is 0 Å². The number of carbonyl (C=O) groups excluding carboxylic acids is 1. The van der Waals surface area contributed by atoms with Gasteiger partial charge in [-0.05, 0) is 55.5 Å². The molecule has 0 saturated carbocycles. The molecule has 0 radical (unpaired) electrons. The second-order valence-corrected chi connectivity index (χ2v) is 8.77. The first-order valence-electron chi connectivity index (χ1n) is 11.5. The number of rotatable bonds is 6. The van der Waals surface area contributed by atoms with Gasteiger partial charge in [-0.1, -0.05) is 36.9 Å². The lowest BCUT2D eigenvalue weighted by molar-refractivity contribution is -0.137. The molecule has 1 amide bonds. The third-order valence-corrected chi connectivity index (χ3v) is 6.61. The Labute approximate surface area is 196 Å². The van der Waals surface area contributed by atoms with E-state index in [4.69, 9.17) is 5.10 Å². The van der Waals surface area contributed by atoms with E-state index >= 15 is 0 Å². The molecule has 5 nitrogen and oxygen atoms in total. The molecule has 0 bridgehead atoms. The van der Waals surface area contributed by atoms with Gasteiger partial charge in [-0.3, -0.25) is 9.48 Å². The van der Waals surface area contributed by atoms with E-state index < -0.39 is 11.7 Å². The maximum Gasteiger partial charge on any atom is 0.417 e. The highest BCUT2D eigenvalue weighted by Crippen LogP contribution is 2.40. The first kappa shape index (κ1) is 24.0. The molecule has 1 N–H and O–H groups in total. The van der Waals surface area contributed by atoms with E-state index in [2.05, 4.69) is 6.58 Å². The zero-order valence-electron chi connectivity index (χ0n) is 19.1. The summed E-state index contributed by atoms with van der Waals surface area (Å²) in [6.07, 6.45) is -1.11. The number of benzene rings is 2. The minimum Gasteiger partial charge on any atom is -0.396 e. The SMILES string of the molecule is C=CC(=O)N1CCC(c2c3ccc(-c4ccccc4C(F)(F)F)cc3nn2C(C)CCO)CC1. The van der Waals surface area contributed by atoms with Gasteiger partial charge in [0.05, 0.1) is 17.1 Å². The van der Waals surface area contributed by atoms with Crippen LogP contribution in [0.2, 0.25) is 0 Å². The number of halogens is 3. The van der Waals surface area contributed by atoms with Gasteiger partial charge in [-0.25, -0.2) is 0 Å². The zero-order chi connectivity index (χ0) is 24.5. The number of alkyl halides is 3. The van der Waals surface area contributed by atoms with E-state index in [0.717, 1.165) is 30.0 Å². The van der Waals surface area contributed by atoms with Crippen LogP contribution in [-0.4, -0.2) is 45.4 Å². The minimum atomic E-state index is -4.46. The Kier molecular flexibility index (Phi) is 6.79. The third-order valence-electron chi connectivity index (χ3n) is 6.61. The molecule has 1 aliphatic rings. The Morgan fingerprint density at radius 1 is 1.24 bits per heavy atom. The smallest absolute Gasteiger partial charge is 0.396 e. The second-order valence-electron chi connectivity index (χ2n) is 8.77. The highest BCUT2D eigenvalue weighted by molar-refractivity contribution is 5.88. The Hall–Kier alpha value is -3.13. The van der Waals surface area contributed by atoms with Gasteiger partial charge in [-0.15, -0.1) is 0 Å². The van der Waals surface area contributed by atoms with E-state index in [1.54, 1.807) is 23.1 Å². The van der Waals surface area contributed by atoms with Crippen molar-refractivity contribution in [1.29, 1.82) is 0 Å². The van der Waals surface area contributed by atoms with Crippen LogP contribution in [0.5, 0.6) is 0 Å². The zero-order valence-corrected chi connectivity index (χ0v) is 19.1. The first-order valence-corrected chi connectivity index (χ1v) is 11.5. The lowest BCUT2D eigenvalue weighted by Gasteiger charge is -2.32. The molecule has 1 atom stereocenters. The van der Waals surface area contributed by atoms with Gasteiger partial charge < -0.3 is 10.0 Å². The van der Waals surface area contributed by atoms with Crippen molar-refractivity contribution in [3.63, 3.8) is 0 Å². The van der Waals surface area contributed by atoms with Crippen molar-refractivity contribution in [3.8, 4) is 11.1 Å². The number of nitrogens with zero attached hydrogens (tertiary/aromatic N) is 3. The summed E-state index contributed by atoms with van der Waals surface area (Å²) >= 11 is 0. The van der Waals surface area contributed by atoms with Crippen LogP contribution >= 0.6 is 0 Å². The Bertz CT molecular complexity index is 1190. The standard InChI is InChI=1S/C26H28F3N3O2/c1-3-24(34)31-13-10-18(11-14-31)25-21-9-8-19(16-23(21)30-32(25)17(2)12-15-33)20-6-4-5-7-22(20)26(27,28)29/h3-9,16-18,33H,1,10-15H2,2H3. The average molecular weight is 472 g/mol. The first-order chi connectivity index (χ1) is 16.2. The maximum atomic E-state index is 13.6. The molecule has 0 aliphatic carbocycles. The molecular weight excluding hydrogens is 443 g/mol. The van der Waals surface area contributed by atoms with Crippen molar-refractivity contribution in [2.45, 2.75) is 44.3 Å². The molecule has 1 aromatic heterocycles. The molecule has 4 rings (SSSR count). The summed E-state index contributed by atoms with van der Waals surface area (Å²) in [5.74, 6) is 0.0618. The van der Waals surface area contributed by atoms with E-state index in [-0.39, 0.29) is 30.0 Å². The summed E-state index contributed by atoms with van der Waals surface area (Å²) in [6.45, 7) is 6.75. The number of hydrogen-bond acceptors (Lipinski definition) is 3. The van der Waals surface area contributed by atoms with Gasteiger partial charge in [0, 0.05) is 36.7 Å². The van der Waals surface area contributed by atoms with Crippen LogP contribution in [0.25, 0.3) is 22.0 Å². The molecule has 3 aromatic rings. The summed E-state index contributed by atoms with van der Waals surface area (Å²) in [5, 5.41) is 15.2. The van der Waals surface area contributed by atoms with E-state index in [0.29, 0.717) is 30.6 Å². The van der Waals surface area contributed by atoms with Crippen LogP contribution in [-0.2, 0) is 11.0 Å². The molecule has 1 fully saturated rings. The lowest BCUT2D eigenvalue weighted by atomic mass is 9.90. The number of aliphatic hydroxyl groups is 1. The molecule has 1 aliphatic heterocycles. The predicted molar refractivity (Wildman–Crippen MR) is 125 cm³/mol. The van der Waals surface area contributed by atoms with Gasteiger partial charge in [0.1, 0.15) is 0 Å². The minimum absolute atomic E-state index is 0.00724. The van der Waals surface area contributed by atoms with Crippen molar-refractivity contribution in [2.75, 3.05) is 19.7 Å². The largest absolute Gasteiger partial charge is 0.417 e. The monoisotopic (exact) mass is 471 g/mol. The predicted octanol–water partition coefficient (Wildman–Crippen LogP) is 5.56. The van der Waals surface area contributed by atoms with E-state index in [1.807, 2.05) is 17.7 Å². The fourth-order valence-corrected chi connectivity index (χ4v) is 4.83. The molecule has 2 heterocycles. The van der Waals surface area contributed by atoms with Gasteiger partial charge >= 0.3 is 6.18 Å². The van der Waals surface area contributed by atoms with Crippen molar-refractivity contribution in [1.82, 2.24) is 14.7 Å². The van der Waals surface area contributed by atoms with Crippen LogP contribution in [0.1, 0.15) is 49.4 Å². The van der Waals surface area contributed by atoms with Gasteiger partial charge in [0.15, 0.2) is 0 Å². The highest BCUT2D eigenvalue weighted by atomic mass is 19.4. The Morgan fingerprint density at radius 2 is 1.94 bits per heavy atom. The number of aliphatic hydroxyl groups excluding tert-OH is 1. The molecule has 180 valence electrons. The van der Waals surface area contributed by atoms with Crippen LogP contribution in [0.3, 0.4) is 0 Å². The summed E-state index contributed by atoms with van der Waals surface area (Å²) in [4.78, 5) is 13.8. The van der Waals surface area contributed by atoms with E-state index in [9.17, 15) is 23.1 Å². The number of amides is 1. The molecule has 1 saturated heterocycles. The number of carbonyl (C=O) groups is 1. The van der Waals surface area contributed by atoms with Crippen molar-refractivity contribution in [3.05, 3.63) is 66.4 Å². The number of aromatic nitrogens is 2. The highest BCUT2D eigenvalue weighted by Gasteiger charge is 2.34. The summed E-state index contributed by atoms with van der Waals surface area (Å²) in [5.41, 5.74) is 1.53.